The highest BCUT2D eigenvalue weighted by Crippen LogP contribution is 2.20. The number of carbonyl (C=O) groups excluding carboxylic acids is 5. The summed E-state index contributed by atoms with van der Waals surface area (Å²) in [5.74, 6) is -0.478. The number of carbonyl (C=O) groups is 5. The second kappa shape index (κ2) is 25.0. The Hall–Kier alpha value is -2.95. The summed E-state index contributed by atoms with van der Waals surface area (Å²) >= 11 is 0. The van der Waals surface area contributed by atoms with E-state index in [4.69, 9.17) is 0 Å². The van der Waals surface area contributed by atoms with Crippen molar-refractivity contribution in [3.05, 3.63) is 12.3 Å². The van der Waals surface area contributed by atoms with Gasteiger partial charge in [-0.15, -0.1) is 0 Å². The van der Waals surface area contributed by atoms with Crippen LogP contribution in [-0.4, -0.2) is 85.8 Å². The zero-order valence-corrected chi connectivity index (χ0v) is 26.0. The van der Waals surface area contributed by atoms with E-state index in [-0.39, 0.29) is 42.8 Å². The van der Waals surface area contributed by atoms with E-state index in [0.29, 0.717) is 18.7 Å². The van der Waals surface area contributed by atoms with Gasteiger partial charge in [-0.3, -0.25) is 28.8 Å². The fourth-order valence-electron chi connectivity index (χ4n) is 3.35. The largest absolute Gasteiger partial charge is 0.362 e. The molecule has 0 saturated carbocycles. The first kappa shape index (κ1) is 39.2. The zero-order chi connectivity index (χ0) is 30.9. The number of hydrogen-bond acceptors (Lipinski definition) is 7. The molecule has 2 aliphatic heterocycles. The van der Waals surface area contributed by atoms with E-state index in [1.807, 2.05) is 11.8 Å². The quantitative estimate of drug-likeness (QED) is 0.316. The van der Waals surface area contributed by atoms with Crippen LogP contribution in [0, 0.1) is 0 Å². The van der Waals surface area contributed by atoms with Crippen LogP contribution < -0.4 is 16.0 Å². The van der Waals surface area contributed by atoms with Gasteiger partial charge in [-0.25, -0.2) is 5.06 Å². The number of hydroxylamine groups is 2. The summed E-state index contributed by atoms with van der Waals surface area (Å²) in [6.45, 7) is 14.7. The molecule has 11 heteroatoms. The molecular weight excluding hydrogens is 514 g/mol. The highest BCUT2D eigenvalue weighted by Gasteiger charge is 2.30. The molecule has 2 heterocycles. The molecule has 2 fully saturated rings. The second-order valence-electron chi connectivity index (χ2n) is 9.59. The van der Waals surface area contributed by atoms with E-state index in [1.54, 1.807) is 7.05 Å². The Morgan fingerprint density at radius 2 is 1.50 bits per heavy atom. The van der Waals surface area contributed by atoms with E-state index >= 15 is 0 Å². The minimum absolute atomic E-state index is 0.0919. The molecule has 1 atom stereocenters. The standard InChI is InChI=1S/C13H20N4O3.C8H16O.C4H9NO2.C4H10/c1-9-6-14-11(18)7-15-12(19)8-16-13(20)10-4-2-3-5-17(9)10;1-3-5-6-7-8(9)4-2;1-4(6)5(2)7-3;1-3-4-2/h10H,1-8H2,(H,14,18)(H,15,19)(H,16,20);3-7H2,1-2H3;1-3H3;3-4H2,1-2H3. The number of nitrogens with one attached hydrogen (secondary N) is 3. The van der Waals surface area contributed by atoms with Crippen LogP contribution in [0.15, 0.2) is 12.3 Å². The number of piperidine rings is 1. The average molecular weight is 570 g/mol. The van der Waals surface area contributed by atoms with Crippen molar-refractivity contribution in [1.82, 2.24) is 25.9 Å². The van der Waals surface area contributed by atoms with Crippen molar-refractivity contribution in [3.8, 4) is 0 Å². The van der Waals surface area contributed by atoms with E-state index in [0.717, 1.165) is 49.4 Å². The molecule has 1 unspecified atom stereocenters. The first-order valence-corrected chi connectivity index (χ1v) is 14.5. The van der Waals surface area contributed by atoms with Crippen molar-refractivity contribution < 1.29 is 28.8 Å². The van der Waals surface area contributed by atoms with Crippen LogP contribution >= 0.6 is 0 Å². The molecule has 0 aromatic rings. The maximum atomic E-state index is 12.2. The summed E-state index contributed by atoms with van der Waals surface area (Å²) in [5, 5.41) is 8.91. The van der Waals surface area contributed by atoms with Crippen molar-refractivity contribution >= 4 is 29.4 Å². The molecule has 0 aromatic heterocycles. The van der Waals surface area contributed by atoms with Crippen molar-refractivity contribution in [2.45, 2.75) is 105 Å². The fraction of sp³-hybridized carbons (Fsp3) is 0.759. The first-order valence-electron chi connectivity index (χ1n) is 14.5. The van der Waals surface area contributed by atoms with Crippen molar-refractivity contribution in [1.29, 1.82) is 0 Å². The zero-order valence-electron chi connectivity index (χ0n) is 26.0. The Bertz CT molecular complexity index is 732. The van der Waals surface area contributed by atoms with Crippen LogP contribution in [0.25, 0.3) is 0 Å². The summed E-state index contributed by atoms with van der Waals surface area (Å²) in [6.07, 6.45) is 10.3. The third kappa shape index (κ3) is 20.0. The third-order valence-corrected chi connectivity index (χ3v) is 6.24. The van der Waals surface area contributed by atoms with Gasteiger partial charge in [0, 0.05) is 39.1 Å². The van der Waals surface area contributed by atoms with Gasteiger partial charge in [0.2, 0.25) is 23.6 Å². The first-order chi connectivity index (χ1) is 19.0. The lowest BCUT2D eigenvalue weighted by Crippen LogP contribution is -2.53. The van der Waals surface area contributed by atoms with E-state index < -0.39 is 0 Å². The van der Waals surface area contributed by atoms with E-state index in [9.17, 15) is 24.0 Å². The smallest absolute Gasteiger partial charge is 0.243 e. The molecule has 0 spiro atoms. The monoisotopic (exact) mass is 569 g/mol. The van der Waals surface area contributed by atoms with E-state index in [2.05, 4.69) is 48.1 Å². The number of amides is 4. The van der Waals surface area contributed by atoms with Crippen LogP contribution in [0.4, 0.5) is 0 Å². The summed E-state index contributed by atoms with van der Waals surface area (Å²) in [5.41, 5.74) is 0.727. The van der Waals surface area contributed by atoms with Crippen LogP contribution in [0.3, 0.4) is 0 Å². The van der Waals surface area contributed by atoms with Gasteiger partial charge in [0.05, 0.1) is 26.7 Å². The molecule has 40 heavy (non-hydrogen) atoms. The maximum Gasteiger partial charge on any atom is 0.243 e. The molecule has 0 aromatic carbocycles. The summed E-state index contributed by atoms with van der Waals surface area (Å²) in [7, 11) is 3.00. The van der Waals surface area contributed by atoms with E-state index in [1.165, 1.54) is 39.7 Å². The molecule has 232 valence electrons. The number of nitrogens with zero attached hydrogens (tertiary/aromatic N) is 2. The molecule has 0 radical (unpaired) electrons. The van der Waals surface area contributed by atoms with Gasteiger partial charge in [0.25, 0.3) is 0 Å². The molecule has 0 aliphatic carbocycles. The van der Waals surface area contributed by atoms with Gasteiger partial charge in [-0.2, -0.15) is 0 Å². The predicted octanol–water partition coefficient (Wildman–Crippen LogP) is 3.10. The number of ketones is 1. The van der Waals surface area contributed by atoms with Gasteiger partial charge in [-0.05, 0) is 25.7 Å². The van der Waals surface area contributed by atoms with Crippen molar-refractivity contribution in [3.63, 3.8) is 0 Å². The number of rotatable bonds is 7. The number of Topliss-reactive ketones (excluding diaryl/α,β-unsaturated/α-hetero) is 1. The summed E-state index contributed by atoms with van der Waals surface area (Å²) < 4.78 is 0. The molecule has 2 rings (SSSR count). The van der Waals surface area contributed by atoms with Gasteiger partial charge < -0.3 is 20.9 Å². The lowest BCUT2D eigenvalue weighted by Gasteiger charge is -2.37. The SMILES string of the molecule is C=C1CNC(=O)CNC(=O)CNC(=O)C2CCCCN12.CCCC.CCCCCC(=O)CC.CON(C)C(C)=O. The average Bonchev–Trinajstić information content (AvgIpc) is 2.97. The van der Waals surface area contributed by atoms with Gasteiger partial charge in [0.1, 0.15) is 11.8 Å². The molecule has 0 bridgehead atoms. The number of fused-ring (bicyclic) bond motifs is 1. The van der Waals surface area contributed by atoms with Crippen molar-refractivity contribution in [2.75, 3.05) is 40.3 Å². The Morgan fingerprint density at radius 3 is 1.98 bits per heavy atom. The Morgan fingerprint density at radius 1 is 0.925 bits per heavy atom. The third-order valence-electron chi connectivity index (χ3n) is 6.24. The van der Waals surface area contributed by atoms with Gasteiger partial charge >= 0.3 is 0 Å². The Balaban J connectivity index is 0. The van der Waals surface area contributed by atoms with Gasteiger partial charge in [-0.1, -0.05) is 60.0 Å². The molecule has 2 saturated heterocycles. The molecular formula is C29H55N5O6. The topological polar surface area (TPSA) is 137 Å². The lowest BCUT2D eigenvalue weighted by molar-refractivity contribution is -0.165. The highest BCUT2D eigenvalue weighted by molar-refractivity contribution is 5.90. The Kier molecular flexibility index (Phi) is 24.5. The highest BCUT2D eigenvalue weighted by atomic mass is 16.7. The van der Waals surface area contributed by atoms with Crippen LogP contribution in [-0.2, 0) is 28.8 Å². The number of hydrogen-bond donors (Lipinski definition) is 3. The predicted molar refractivity (Wildman–Crippen MR) is 158 cm³/mol. The summed E-state index contributed by atoms with van der Waals surface area (Å²) in [4.78, 5) is 62.5. The lowest BCUT2D eigenvalue weighted by atomic mass is 10.0. The van der Waals surface area contributed by atoms with Crippen LogP contribution in [0.1, 0.15) is 98.8 Å². The normalized spacial score (nSPS) is 17.2. The van der Waals surface area contributed by atoms with Gasteiger partial charge in [0.15, 0.2) is 0 Å². The minimum atomic E-state index is -0.366. The minimum Gasteiger partial charge on any atom is -0.362 e. The van der Waals surface area contributed by atoms with Crippen molar-refractivity contribution in [2.24, 2.45) is 0 Å². The van der Waals surface area contributed by atoms with Crippen LogP contribution in [0.2, 0.25) is 0 Å². The van der Waals surface area contributed by atoms with Crippen LogP contribution in [0.5, 0.6) is 0 Å². The number of unbranched alkanes of at least 4 members (excludes halogenated alkanes) is 3. The fourth-order valence-corrected chi connectivity index (χ4v) is 3.35. The summed E-state index contributed by atoms with van der Waals surface area (Å²) in [6, 6.07) is -0.305. The molecule has 4 amide bonds. The Labute approximate surface area is 241 Å². The second-order valence-corrected chi connectivity index (χ2v) is 9.59. The molecule has 11 nitrogen and oxygen atoms in total. The molecule has 2 aliphatic rings. The molecule has 3 N–H and O–H groups in total. The maximum absolute atomic E-state index is 12.2.